The Morgan fingerprint density at radius 3 is 2.60 bits per heavy atom. The van der Waals surface area contributed by atoms with Crippen LogP contribution in [-0.4, -0.2) is 57.6 Å². The fraction of sp³-hybridized carbons (Fsp3) is 0.471. The van der Waals surface area contributed by atoms with Crippen LogP contribution in [0, 0.1) is 6.92 Å². The summed E-state index contributed by atoms with van der Waals surface area (Å²) in [5.74, 6) is 2.18. The molecule has 1 fully saturated rings. The highest BCUT2D eigenvalue weighted by Gasteiger charge is 2.18. The van der Waals surface area contributed by atoms with Crippen molar-refractivity contribution in [2.75, 3.05) is 32.1 Å². The average Bonchev–Trinajstić information content (AvgIpc) is 3.00. The number of aryl methyl sites for hydroxylation is 1. The number of nitrogens with zero attached hydrogens (tertiary/aromatic N) is 4. The van der Waals surface area contributed by atoms with Gasteiger partial charge in [-0.1, -0.05) is 29.5 Å². The van der Waals surface area contributed by atoms with Crippen molar-refractivity contribution in [3.63, 3.8) is 0 Å². The Labute approximate surface area is 156 Å². The van der Waals surface area contributed by atoms with Gasteiger partial charge in [-0.05, 0) is 19.1 Å². The van der Waals surface area contributed by atoms with Gasteiger partial charge in [-0.3, -0.25) is 4.79 Å². The van der Waals surface area contributed by atoms with Crippen LogP contribution in [0.25, 0.3) is 0 Å². The molecule has 1 aliphatic heterocycles. The first-order valence-electron chi connectivity index (χ1n) is 8.19. The highest BCUT2D eigenvalue weighted by Crippen LogP contribution is 2.24. The van der Waals surface area contributed by atoms with Gasteiger partial charge in [0.05, 0.1) is 24.7 Å². The molecule has 0 radical (unpaired) electrons. The number of morpholine rings is 1. The van der Waals surface area contributed by atoms with Crippen molar-refractivity contribution < 1.29 is 9.53 Å². The molecule has 0 atom stereocenters. The molecule has 0 saturated carbocycles. The molecule has 1 aliphatic rings. The largest absolute Gasteiger partial charge is 0.378 e. The number of hydrogen-bond donors (Lipinski definition) is 0. The highest BCUT2D eigenvalue weighted by atomic mass is 32.2. The van der Waals surface area contributed by atoms with Crippen molar-refractivity contribution in [2.45, 2.75) is 22.7 Å². The molecule has 0 aliphatic carbocycles. The summed E-state index contributed by atoms with van der Waals surface area (Å²) in [6.07, 6.45) is 0. The van der Waals surface area contributed by atoms with Crippen LogP contribution in [0.15, 0.2) is 34.3 Å². The molecule has 134 valence electrons. The van der Waals surface area contributed by atoms with Gasteiger partial charge in [0.15, 0.2) is 5.16 Å². The molecular weight excluding hydrogens is 356 g/mol. The summed E-state index contributed by atoms with van der Waals surface area (Å²) in [5, 5.41) is 9.27. The Bertz CT molecular complexity index is 712. The fourth-order valence-corrected chi connectivity index (χ4v) is 4.12. The first-order valence-corrected chi connectivity index (χ1v) is 10.2. The van der Waals surface area contributed by atoms with Crippen molar-refractivity contribution in [3.8, 4) is 0 Å². The predicted octanol–water partition coefficient (Wildman–Crippen LogP) is 2.37. The maximum Gasteiger partial charge on any atom is 0.233 e. The van der Waals surface area contributed by atoms with Crippen LogP contribution in [0.1, 0.15) is 11.4 Å². The number of aromatic nitrogens is 3. The van der Waals surface area contributed by atoms with E-state index in [1.807, 2.05) is 16.5 Å². The molecule has 3 rings (SSSR count). The molecule has 1 saturated heterocycles. The van der Waals surface area contributed by atoms with E-state index in [1.54, 1.807) is 11.8 Å². The van der Waals surface area contributed by atoms with Gasteiger partial charge in [0.25, 0.3) is 0 Å². The lowest BCUT2D eigenvalue weighted by molar-refractivity contribution is -0.132. The molecule has 0 N–H and O–H groups in total. The lowest BCUT2D eigenvalue weighted by Gasteiger charge is -2.26. The van der Waals surface area contributed by atoms with Crippen LogP contribution in [0.3, 0.4) is 0 Å². The van der Waals surface area contributed by atoms with Crippen molar-refractivity contribution in [1.82, 2.24) is 19.7 Å². The lowest BCUT2D eigenvalue weighted by Crippen LogP contribution is -2.41. The number of rotatable bonds is 6. The second kappa shape index (κ2) is 8.73. The fourth-order valence-electron chi connectivity index (χ4n) is 2.41. The standard InChI is InChI=1S/C17H22N4O2S2/c1-13-3-5-14(6-4-13)24-11-15-18-19-17(20(15)2)25-12-16(22)21-7-9-23-10-8-21/h3-6H,7-12H2,1-2H3. The van der Waals surface area contributed by atoms with E-state index < -0.39 is 0 Å². The molecule has 0 unspecified atom stereocenters. The molecular formula is C17H22N4O2S2. The minimum absolute atomic E-state index is 0.131. The van der Waals surface area contributed by atoms with E-state index in [0.29, 0.717) is 32.1 Å². The van der Waals surface area contributed by atoms with E-state index in [2.05, 4.69) is 41.4 Å². The maximum absolute atomic E-state index is 12.2. The smallest absolute Gasteiger partial charge is 0.233 e. The normalized spacial score (nSPS) is 14.7. The topological polar surface area (TPSA) is 60.3 Å². The Kier molecular flexibility index (Phi) is 6.39. The van der Waals surface area contributed by atoms with E-state index >= 15 is 0 Å². The van der Waals surface area contributed by atoms with E-state index in [-0.39, 0.29) is 5.91 Å². The number of ether oxygens (including phenoxy) is 1. The average molecular weight is 379 g/mol. The molecule has 1 amide bonds. The zero-order valence-corrected chi connectivity index (χ0v) is 16.1. The minimum Gasteiger partial charge on any atom is -0.378 e. The number of carbonyl (C=O) groups is 1. The molecule has 1 aromatic heterocycles. The van der Waals surface area contributed by atoms with Gasteiger partial charge in [0, 0.05) is 25.0 Å². The maximum atomic E-state index is 12.2. The first-order chi connectivity index (χ1) is 12.1. The van der Waals surface area contributed by atoms with Crippen LogP contribution >= 0.6 is 23.5 Å². The van der Waals surface area contributed by atoms with Crippen molar-refractivity contribution in [2.24, 2.45) is 7.05 Å². The second-order valence-electron chi connectivity index (χ2n) is 5.84. The summed E-state index contributed by atoms with van der Waals surface area (Å²) in [6.45, 7) is 4.69. The molecule has 6 nitrogen and oxygen atoms in total. The Morgan fingerprint density at radius 1 is 1.16 bits per heavy atom. The summed E-state index contributed by atoms with van der Waals surface area (Å²) >= 11 is 3.18. The summed E-state index contributed by atoms with van der Waals surface area (Å²) in [6, 6.07) is 8.45. The van der Waals surface area contributed by atoms with E-state index in [4.69, 9.17) is 4.74 Å². The van der Waals surface area contributed by atoms with Crippen molar-refractivity contribution in [1.29, 1.82) is 0 Å². The van der Waals surface area contributed by atoms with Gasteiger partial charge in [-0.15, -0.1) is 22.0 Å². The van der Waals surface area contributed by atoms with Crippen LogP contribution in [0.5, 0.6) is 0 Å². The van der Waals surface area contributed by atoms with Gasteiger partial charge < -0.3 is 14.2 Å². The van der Waals surface area contributed by atoms with Gasteiger partial charge in [-0.2, -0.15) is 0 Å². The molecule has 2 aromatic rings. The van der Waals surface area contributed by atoms with E-state index in [1.165, 1.54) is 22.2 Å². The number of amides is 1. The van der Waals surface area contributed by atoms with Gasteiger partial charge in [0.1, 0.15) is 5.82 Å². The van der Waals surface area contributed by atoms with E-state index in [0.717, 1.165) is 16.7 Å². The SMILES string of the molecule is Cc1ccc(SCc2nnc(SCC(=O)N3CCOCC3)n2C)cc1. The quantitative estimate of drug-likeness (QED) is 0.719. The number of thioether (sulfide) groups is 2. The van der Waals surface area contributed by atoms with Crippen LogP contribution in [0.2, 0.25) is 0 Å². The van der Waals surface area contributed by atoms with Crippen LogP contribution in [0.4, 0.5) is 0 Å². The summed E-state index contributed by atoms with van der Waals surface area (Å²) < 4.78 is 7.25. The van der Waals surface area contributed by atoms with Crippen LogP contribution in [-0.2, 0) is 22.3 Å². The minimum atomic E-state index is 0.131. The molecule has 0 bridgehead atoms. The zero-order chi connectivity index (χ0) is 17.6. The monoisotopic (exact) mass is 378 g/mol. The number of hydrogen-bond acceptors (Lipinski definition) is 6. The molecule has 8 heteroatoms. The molecule has 25 heavy (non-hydrogen) atoms. The second-order valence-corrected chi connectivity index (χ2v) is 7.83. The highest BCUT2D eigenvalue weighted by molar-refractivity contribution is 7.99. The van der Waals surface area contributed by atoms with E-state index in [9.17, 15) is 4.79 Å². The third kappa shape index (κ3) is 4.99. The molecule has 0 spiro atoms. The predicted molar refractivity (Wildman–Crippen MR) is 99.9 cm³/mol. The lowest BCUT2D eigenvalue weighted by atomic mass is 10.2. The number of carbonyl (C=O) groups excluding carboxylic acids is 1. The van der Waals surface area contributed by atoms with Crippen molar-refractivity contribution in [3.05, 3.63) is 35.7 Å². The van der Waals surface area contributed by atoms with Gasteiger partial charge in [-0.25, -0.2) is 0 Å². The summed E-state index contributed by atoms with van der Waals surface area (Å²) in [7, 11) is 1.95. The van der Waals surface area contributed by atoms with Crippen LogP contribution < -0.4 is 0 Å². The van der Waals surface area contributed by atoms with Crippen molar-refractivity contribution >= 4 is 29.4 Å². The van der Waals surface area contributed by atoms with Gasteiger partial charge >= 0.3 is 0 Å². The third-order valence-corrected chi connectivity index (χ3v) is 6.02. The number of benzene rings is 1. The third-order valence-electron chi connectivity index (χ3n) is 4.00. The Balaban J connectivity index is 1.51. The first kappa shape index (κ1) is 18.3. The Hall–Kier alpha value is -1.51. The Morgan fingerprint density at radius 2 is 1.88 bits per heavy atom. The summed E-state index contributed by atoms with van der Waals surface area (Å²) in [5.41, 5.74) is 1.26. The van der Waals surface area contributed by atoms with Gasteiger partial charge in [0.2, 0.25) is 5.91 Å². The molecule has 1 aromatic carbocycles. The zero-order valence-electron chi connectivity index (χ0n) is 14.5. The summed E-state index contributed by atoms with van der Waals surface area (Å²) in [4.78, 5) is 15.3. The molecule has 2 heterocycles.